The highest BCUT2D eigenvalue weighted by molar-refractivity contribution is 5.91. The average molecular weight is 230 g/mol. The Morgan fingerprint density at radius 3 is 2.65 bits per heavy atom. The maximum atomic E-state index is 11.7. The second-order valence-electron chi connectivity index (χ2n) is 3.84. The molecule has 5 nitrogen and oxygen atoms in total. The molecule has 0 aliphatic rings. The Balaban J connectivity index is 1.95. The van der Waals surface area contributed by atoms with Crippen LogP contribution in [0.1, 0.15) is 5.56 Å². The third-order valence-corrected chi connectivity index (χ3v) is 2.33. The van der Waals surface area contributed by atoms with Gasteiger partial charge in [-0.25, -0.2) is 0 Å². The number of nitrogen functional groups attached to an aromatic ring is 1. The van der Waals surface area contributed by atoms with Crippen molar-refractivity contribution in [2.45, 2.75) is 6.42 Å². The number of carbonyl (C=O) groups excluding carboxylic acids is 1. The van der Waals surface area contributed by atoms with Crippen molar-refractivity contribution in [3.8, 4) is 0 Å². The van der Waals surface area contributed by atoms with E-state index in [0.717, 1.165) is 5.56 Å². The van der Waals surface area contributed by atoms with E-state index in [2.05, 4.69) is 10.4 Å². The molecule has 0 aliphatic carbocycles. The summed E-state index contributed by atoms with van der Waals surface area (Å²) in [6.07, 6.45) is 2.09. The van der Waals surface area contributed by atoms with Crippen molar-refractivity contribution in [2.75, 3.05) is 11.1 Å². The first-order valence-corrected chi connectivity index (χ1v) is 5.27. The van der Waals surface area contributed by atoms with Gasteiger partial charge >= 0.3 is 0 Å². The quantitative estimate of drug-likeness (QED) is 0.778. The highest BCUT2D eigenvalue weighted by Crippen LogP contribution is 2.07. The molecule has 1 aromatic heterocycles. The van der Waals surface area contributed by atoms with E-state index >= 15 is 0 Å². The molecule has 88 valence electrons. The highest BCUT2D eigenvalue weighted by atomic mass is 16.1. The minimum absolute atomic E-state index is 0.0894. The number of carbonyl (C=O) groups is 1. The summed E-state index contributed by atoms with van der Waals surface area (Å²) in [6.45, 7) is 0. The maximum Gasteiger partial charge on any atom is 0.229 e. The number of nitrogens with zero attached hydrogens (tertiary/aromatic N) is 2. The molecule has 0 saturated heterocycles. The summed E-state index contributed by atoms with van der Waals surface area (Å²) in [4.78, 5) is 11.7. The van der Waals surface area contributed by atoms with E-state index in [-0.39, 0.29) is 5.91 Å². The van der Waals surface area contributed by atoms with Crippen LogP contribution < -0.4 is 11.1 Å². The molecule has 3 N–H and O–H groups in total. The summed E-state index contributed by atoms with van der Waals surface area (Å²) in [5.41, 5.74) is 7.19. The normalized spacial score (nSPS) is 10.2. The summed E-state index contributed by atoms with van der Waals surface area (Å²) in [5, 5.41) is 6.79. The van der Waals surface area contributed by atoms with Crippen LogP contribution in [0.25, 0.3) is 0 Å². The van der Waals surface area contributed by atoms with E-state index < -0.39 is 0 Å². The monoisotopic (exact) mass is 230 g/mol. The van der Waals surface area contributed by atoms with Crippen molar-refractivity contribution < 1.29 is 4.79 Å². The molecule has 1 amide bonds. The Hall–Kier alpha value is -2.30. The second kappa shape index (κ2) is 4.69. The number of aryl methyl sites for hydroxylation is 1. The van der Waals surface area contributed by atoms with Gasteiger partial charge in [0.05, 0.1) is 6.42 Å². The smallest absolute Gasteiger partial charge is 0.229 e. The summed E-state index contributed by atoms with van der Waals surface area (Å²) < 4.78 is 1.64. The Bertz CT molecular complexity index is 516. The number of benzene rings is 1. The molecular weight excluding hydrogens is 216 g/mol. The summed E-state index contributed by atoms with van der Waals surface area (Å²) in [7, 11) is 1.80. The van der Waals surface area contributed by atoms with Gasteiger partial charge < -0.3 is 11.1 Å². The molecular formula is C12H14N4O. The van der Waals surface area contributed by atoms with Crippen LogP contribution in [0.2, 0.25) is 0 Å². The lowest BCUT2D eigenvalue weighted by atomic mass is 10.1. The van der Waals surface area contributed by atoms with Gasteiger partial charge in [0.15, 0.2) is 5.82 Å². The molecule has 0 saturated carbocycles. The number of nitrogens with two attached hydrogens (primary N) is 1. The molecule has 0 spiro atoms. The summed E-state index contributed by atoms with van der Waals surface area (Å²) in [5.74, 6) is 0.474. The number of hydrogen-bond donors (Lipinski definition) is 2. The Morgan fingerprint density at radius 1 is 1.35 bits per heavy atom. The fourth-order valence-electron chi connectivity index (χ4n) is 1.49. The zero-order valence-electron chi connectivity index (χ0n) is 9.55. The Morgan fingerprint density at radius 2 is 2.06 bits per heavy atom. The van der Waals surface area contributed by atoms with Crippen molar-refractivity contribution in [1.29, 1.82) is 0 Å². The topological polar surface area (TPSA) is 72.9 Å². The van der Waals surface area contributed by atoms with Gasteiger partial charge in [0.2, 0.25) is 5.91 Å². The van der Waals surface area contributed by atoms with E-state index in [1.54, 1.807) is 36.1 Å². The molecule has 2 rings (SSSR count). The third kappa shape index (κ3) is 3.07. The highest BCUT2D eigenvalue weighted by Gasteiger charge is 2.05. The van der Waals surface area contributed by atoms with Crippen LogP contribution in [0, 0.1) is 0 Å². The van der Waals surface area contributed by atoms with Crippen molar-refractivity contribution in [2.24, 2.45) is 7.05 Å². The fourth-order valence-corrected chi connectivity index (χ4v) is 1.49. The number of hydrogen-bond acceptors (Lipinski definition) is 3. The number of amides is 1. The Kier molecular flexibility index (Phi) is 3.09. The van der Waals surface area contributed by atoms with Gasteiger partial charge in [-0.05, 0) is 17.7 Å². The predicted molar refractivity (Wildman–Crippen MR) is 66.4 cm³/mol. The SMILES string of the molecule is Cn1ccc(NC(=O)Cc2ccc(N)cc2)n1. The van der Waals surface area contributed by atoms with Crippen LogP contribution in [0.5, 0.6) is 0 Å². The van der Waals surface area contributed by atoms with E-state index in [0.29, 0.717) is 17.9 Å². The molecule has 5 heteroatoms. The van der Waals surface area contributed by atoms with Gasteiger partial charge in [-0.3, -0.25) is 9.48 Å². The molecule has 17 heavy (non-hydrogen) atoms. The average Bonchev–Trinajstić information content (AvgIpc) is 2.67. The number of rotatable bonds is 3. The molecule has 1 heterocycles. The van der Waals surface area contributed by atoms with Gasteiger partial charge in [-0.2, -0.15) is 5.10 Å². The van der Waals surface area contributed by atoms with Crippen LogP contribution >= 0.6 is 0 Å². The zero-order valence-corrected chi connectivity index (χ0v) is 9.55. The van der Waals surface area contributed by atoms with E-state index in [1.165, 1.54) is 0 Å². The minimum atomic E-state index is -0.0894. The van der Waals surface area contributed by atoms with Gasteiger partial charge in [0.1, 0.15) is 0 Å². The predicted octanol–water partition coefficient (Wildman–Crippen LogP) is 1.18. The standard InChI is InChI=1S/C12H14N4O/c1-16-7-6-11(15-16)14-12(17)8-9-2-4-10(13)5-3-9/h2-7H,8,13H2,1H3,(H,14,15,17). The van der Waals surface area contributed by atoms with Crippen LogP contribution in [-0.4, -0.2) is 15.7 Å². The first-order valence-electron chi connectivity index (χ1n) is 5.27. The van der Waals surface area contributed by atoms with Crippen LogP contribution in [0.4, 0.5) is 11.5 Å². The molecule has 0 bridgehead atoms. The number of anilines is 2. The van der Waals surface area contributed by atoms with Crippen LogP contribution in [0.15, 0.2) is 36.5 Å². The molecule has 0 radical (unpaired) electrons. The molecule has 0 fully saturated rings. The lowest BCUT2D eigenvalue weighted by Gasteiger charge is -2.02. The van der Waals surface area contributed by atoms with E-state index in [1.807, 2.05) is 12.1 Å². The largest absolute Gasteiger partial charge is 0.399 e. The lowest BCUT2D eigenvalue weighted by molar-refractivity contribution is -0.115. The van der Waals surface area contributed by atoms with Crippen molar-refractivity contribution in [3.63, 3.8) is 0 Å². The van der Waals surface area contributed by atoms with Crippen molar-refractivity contribution in [3.05, 3.63) is 42.1 Å². The van der Waals surface area contributed by atoms with Crippen LogP contribution in [0.3, 0.4) is 0 Å². The fraction of sp³-hybridized carbons (Fsp3) is 0.167. The molecule has 0 atom stereocenters. The summed E-state index contributed by atoms with van der Waals surface area (Å²) in [6, 6.07) is 8.99. The third-order valence-electron chi connectivity index (χ3n) is 2.33. The maximum absolute atomic E-state index is 11.7. The first kappa shape index (κ1) is 11.2. The molecule has 0 unspecified atom stereocenters. The van der Waals surface area contributed by atoms with E-state index in [4.69, 9.17) is 5.73 Å². The zero-order chi connectivity index (χ0) is 12.3. The van der Waals surface area contributed by atoms with Gasteiger partial charge in [-0.1, -0.05) is 12.1 Å². The molecule has 2 aromatic rings. The molecule has 1 aromatic carbocycles. The minimum Gasteiger partial charge on any atom is -0.399 e. The van der Waals surface area contributed by atoms with Crippen molar-refractivity contribution in [1.82, 2.24) is 9.78 Å². The Labute approximate surface area is 99.2 Å². The van der Waals surface area contributed by atoms with Gasteiger partial charge in [-0.15, -0.1) is 0 Å². The van der Waals surface area contributed by atoms with Gasteiger partial charge in [0.25, 0.3) is 0 Å². The number of aromatic nitrogens is 2. The number of nitrogens with one attached hydrogen (secondary N) is 1. The van der Waals surface area contributed by atoms with E-state index in [9.17, 15) is 4.79 Å². The summed E-state index contributed by atoms with van der Waals surface area (Å²) >= 11 is 0. The van der Waals surface area contributed by atoms with Gasteiger partial charge in [0, 0.05) is 25.0 Å². The molecule has 0 aliphatic heterocycles. The second-order valence-corrected chi connectivity index (χ2v) is 3.84. The first-order chi connectivity index (χ1) is 8.13. The van der Waals surface area contributed by atoms with Crippen molar-refractivity contribution >= 4 is 17.4 Å². The lowest BCUT2D eigenvalue weighted by Crippen LogP contribution is -2.14. The van der Waals surface area contributed by atoms with Crippen LogP contribution in [-0.2, 0) is 18.3 Å².